The molecule has 0 spiro atoms. The number of aromatic carboxylic acids is 1. The van der Waals surface area contributed by atoms with Crippen molar-refractivity contribution in [1.82, 2.24) is 0 Å². The van der Waals surface area contributed by atoms with Crippen LogP contribution < -0.4 is 0 Å². The van der Waals surface area contributed by atoms with E-state index in [1.165, 1.54) is 6.07 Å². The van der Waals surface area contributed by atoms with Gasteiger partial charge < -0.3 is 14.3 Å². The summed E-state index contributed by atoms with van der Waals surface area (Å²) in [5.74, 6) is -0.687. The summed E-state index contributed by atoms with van der Waals surface area (Å²) >= 11 is 0. The van der Waals surface area contributed by atoms with Crippen LogP contribution in [0.2, 0.25) is 0 Å². The number of carbonyl (C=O) groups is 1. The molecule has 0 aliphatic heterocycles. The van der Waals surface area contributed by atoms with E-state index in [1.807, 2.05) is 30.3 Å². The Morgan fingerprint density at radius 2 is 1.94 bits per heavy atom. The lowest BCUT2D eigenvalue weighted by molar-refractivity contribution is 0.0646. The highest BCUT2D eigenvalue weighted by Crippen LogP contribution is 2.26. The number of methoxy groups -OCH3 is 1. The highest BCUT2D eigenvalue weighted by atomic mass is 16.5. The number of furan rings is 1. The largest absolute Gasteiger partial charge is 0.475 e. The average Bonchev–Trinajstić information content (AvgIpc) is 2.81. The molecule has 0 saturated heterocycles. The van der Waals surface area contributed by atoms with E-state index in [2.05, 4.69) is 0 Å². The Bertz CT molecular complexity index is 501. The van der Waals surface area contributed by atoms with Gasteiger partial charge in [-0.1, -0.05) is 30.3 Å². The Balaban J connectivity index is 2.32. The third kappa shape index (κ3) is 2.37. The lowest BCUT2D eigenvalue weighted by Crippen LogP contribution is -2.02. The number of hydrogen-bond acceptors (Lipinski definition) is 3. The quantitative estimate of drug-likeness (QED) is 0.880. The molecule has 0 aliphatic rings. The molecule has 0 saturated carbocycles. The fourth-order valence-electron chi connectivity index (χ4n) is 1.65. The van der Waals surface area contributed by atoms with E-state index in [1.54, 1.807) is 13.2 Å². The van der Waals surface area contributed by atoms with Gasteiger partial charge in [0.15, 0.2) is 0 Å². The lowest BCUT2D eigenvalue weighted by atomic mass is 10.1. The van der Waals surface area contributed by atoms with Gasteiger partial charge in [0, 0.05) is 7.11 Å². The summed E-state index contributed by atoms with van der Waals surface area (Å²) in [7, 11) is 1.56. The Hall–Kier alpha value is -2.07. The van der Waals surface area contributed by atoms with Crippen LogP contribution >= 0.6 is 0 Å². The van der Waals surface area contributed by atoms with Crippen molar-refractivity contribution < 1.29 is 19.1 Å². The molecule has 1 aromatic carbocycles. The summed E-state index contributed by atoms with van der Waals surface area (Å²) in [4.78, 5) is 10.7. The maximum Gasteiger partial charge on any atom is 0.371 e. The molecule has 17 heavy (non-hydrogen) atoms. The summed E-state index contributed by atoms with van der Waals surface area (Å²) < 4.78 is 10.6. The van der Waals surface area contributed by atoms with Gasteiger partial charge in [-0.15, -0.1) is 0 Å². The predicted octanol–water partition coefficient (Wildman–Crippen LogP) is 2.71. The first kappa shape index (κ1) is 11.4. The van der Waals surface area contributed by atoms with Crippen molar-refractivity contribution in [1.29, 1.82) is 0 Å². The van der Waals surface area contributed by atoms with Gasteiger partial charge in [0.05, 0.1) is 0 Å². The van der Waals surface area contributed by atoms with Crippen molar-refractivity contribution in [3.63, 3.8) is 0 Å². The van der Waals surface area contributed by atoms with Crippen molar-refractivity contribution in [2.75, 3.05) is 7.11 Å². The second kappa shape index (κ2) is 4.84. The number of hydrogen-bond donors (Lipinski definition) is 1. The standard InChI is InChI=1S/C13H12O4/c1-16-12(9-5-3-2-4-6-9)10-7-8-11(17-10)13(14)15/h2-8,12H,1H3,(H,14,15). The highest BCUT2D eigenvalue weighted by Gasteiger charge is 2.18. The smallest absolute Gasteiger partial charge is 0.371 e. The number of rotatable bonds is 4. The number of ether oxygens (including phenoxy) is 1. The summed E-state index contributed by atoms with van der Waals surface area (Å²) in [6, 6.07) is 12.5. The van der Waals surface area contributed by atoms with Crippen LogP contribution in [0.4, 0.5) is 0 Å². The Morgan fingerprint density at radius 3 is 2.47 bits per heavy atom. The van der Waals surface area contributed by atoms with Crippen LogP contribution in [0.25, 0.3) is 0 Å². The maximum absolute atomic E-state index is 10.7. The first-order valence-corrected chi connectivity index (χ1v) is 5.13. The zero-order valence-corrected chi connectivity index (χ0v) is 9.29. The topological polar surface area (TPSA) is 59.7 Å². The van der Waals surface area contributed by atoms with Gasteiger partial charge in [0.2, 0.25) is 5.76 Å². The second-order valence-corrected chi connectivity index (χ2v) is 3.53. The van der Waals surface area contributed by atoms with Gasteiger partial charge in [-0.2, -0.15) is 0 Å². The molecule has 1 unspecified atom stereocenters. The van der Waals surface area contributed by atoms with Gasteiger partial charge >= 0.3 is 5.97 Å². The zero-order valence-electron chi connectivity index (χ0n) is 9.29. The molecule has 4 heteroatoms. The van der Waals surface area contributed by atoms with Gasteiger partial charge in [-0.3, -0.25) is 0 Å². The number of carboxylic acids is 1. The Labute approximate surface area is 98.4 Å². The number of benzene rings is 1. The van der Waals surface area contributed by atoms with E-state index in [4.69, 9.17) is 14.3 Å². The van der Waals surface area contributed by atoms with Crippen LogP contribution in [0.15, 0.2) is 46.9 Å². The Morgan fingerprint density at radius 1 is 1.24 bits per heavy atom. The molecule has 1 aromatic heterocycles. The van der Waals surface area contributed by atoms with E-state index < -0.39 is 5.97 Å². The molecule has 4 nitrogen and oxygen atoms in total. The molecule has 0 aliphatic carbocycles. The van der Waals surface area contributed by atoms with E-state index >= 15 is 0 Å². The van der Waals surface area contributed by atoms with Gasteiger partial charge in [0.25, 0.3) is 0 Å². The van der Waals surface area contributed by atoms with Crippen LogP contribution in [0.1, 0.15) is 28.0 Å². The van der Waals surface area contributed by atoms with Crippen molar-refractivity contribution in [3.8, 4) is 0 Å². The summed E-state index contributed by atoms with van der Waals surface area (Å²) in [5, 5.41) is 8.79. The first-order valence-electron chi connectivity index (χ1n) is 5.13. The van der Waals surface area contributed by atoms with Crippen LogP contribution in [0.5, 0.6) is 0 Å². The Kier molecular flexibility index (Phi) is 3.25. The summed E-state index contributed by atoms with van der Waals surface area (Å²) in [6.45, 7) is 0. The van der Waals surface area contributed by atoms with Crippen molar-refractivity contribution in [2.24, 2.45) is 0 Å². The minimum atomic E-state index is -1.08. The minimum Gasteiger partial charge on any atom is -0.475 e. The molecule has 1 atom stereocenters. The van der Waals surface area contributed by atoms with Crippen molar-refractivity contribution in [3.05, 3.63) is 59.5 Å². The van der Waals surface area contributed by atoms with E-state index in [9.17, 15) is 4.79 Å². The molecule has 0 radical (unpaired) electrons. The second-order valence-electron chi connectivity index (χ2n) is 3.53. The highest BCUT2D eigenvalue weighted by molar-refractivity contribution is 5.84. The monoisotopic (exact) mass is 232 g/mol. The van der Waals surface area contributed by atoms with Crippen LogP contribution in [-0.4, -0.2) is 18.2 Å². The third-order valence-corrected chi connectivity index (χ3v) is 2.43. The van der Waals surface area contributed by atoms with Crippen LogP contribution in [0.3, 0.4) is 0 Å². The maximum atomic E-state index is 10.7. The fraction of sp³-hybridized carbons (Fsp3) is 0.154. The first-order chi connectivity index (χ1) is 8.22. The molecule has 0 fully saturated rings. The lowest BCUT2D eigenvalue weighted by Gasteiger charge is -2.12. The summed E-state index contributed by atoms with van der Waals surface area (Å²) in [6.07, 6.45) is -0.385. The predicted molar refractivity (Wildman–Crippen MR) is 61.0 cm³/mol. The van der Waals surface area contributed by atoms with E-state index in [0.717, 1.165) is 5.56 Å². The van der Waals surface area contributed by atoms with Crippen LogP contribution in [0, 0.1) is 0 Å². The molecule has 0 amide bonds. The molecule has 1 heterocycles. The SMILES string of the molecule is COC(c1ccccc1)c1ccc(C(=O)O)o1. The third-order valence-electron chi connectivity index (χ3n) is 2.43. The summed E-state index contributed by atoms with van der Waals surface area (Å²) in [5.41, 5.74) is 0.918. The molecular weight excluding hydrogens is 220 g/mol. The molecule has 88 valence electrons. The normalized spacial score (nSPS) is 12.3. The minimum absolute atomic E-state index is 0.0852. The fourth-order valence-corrected chi connectivity index (χ4v) is 1.65. The zero-order chi connectivity index (χ0) is 12.3. The van der Waals surface area contributed by atoms with Crippen molar-refractivity contribution in [2.45, 2.75) is 6.10 Å². The average molecular weight is 232 g/mol. The molecule has 2 aromatic rings. The van der Waals surface area contributed by atoms with Gasteiger partial charge in [0.1, 0.15) is 11.9 Å². The van der Waals surface area contributed by atoms with Gasteiger partial charge in [-0.05, 0) is 17.7 Å². The molecule has 0 bridgehead atoms. The van der Waals surface area contributed by atoms with Crippen LogP contribution in [-0.2, 0) is 4.74 Å². The molecule has 2 rings (SSSR count). The molecular formula is C13H12O4. The molecule has 1 N–H and O–H groups in total. The van der Waals surface area contributed by atoms with Gasteiger partial charge in [-0.25, -0.2) is 4.79 Å². The van der Waals surface area contributed by atoms with E-state index in [-0.39, 0.29) is 11.9 Å². The van der Waals surface area contributed by atoms with Crippen molar-refractivity contribution >= 4 is 5.97 Å². The van der Waals surface area contributed by atoms with E-state index in [0.29, 0.717) is 5.76 Å². The number of carboxylic acid groups (broad SMARTS) is 1.